The summed E-state index contributed by atoms with van der Waals surface area (Å²) in [6, 6.07) is 6.41. The van der Waals surface area contributed by atoms with Gasteiger partial charge in [-0.15, -0.1) is 0 Å². The molecule has 0 saturated carbocycles. The molecule has 2 aromatic rings. The minimum atomic E-state index is 0.106. The van der Waals surface area contributed by atoms with Crippen molar-refractivity contribution in [2.24, 2.45) is 0 Å². The van der Waals surface area contributed by atoms with E-state index in [9.17, 15) is 0 Å². The predicted molar refractivity (Wildman–Crippen MR) is 81.0 cm³/mol. The fourth-order valence-electron chi connectivity index (χ4n) is 2.21. The van der Waals surface area contributed by atoms with Crippen LogP contribution in [0.25, 0.3) is 0 Å². The van der Waals surface area contributed by atoms with Crippen LogP contribution >= 0.6 is 0 Å². The van der Waals surface area contributed by atoms with Crippen molar-refractivity contribution in [3.8, 4) is 5.75 Å². The van der Waals surface area contributed by atoms with Crippen LogP contribution < -0.4 is 4.74 Å². The van der Waals surface area contributed by atoms with E-state index in [1.54, 1.807) is 12.4 Å². The number of hydrogen-bond donors (Lipinski definition) is 0. The van der Waals surface area contributed by atoms with Crippen molar-refractivity contribution in [1.82, 2.24) is 9.97 Å². The van der Waals surface area contributed by atoms with E-state index in [0.29, 0.717) is 12.4 Å². The van der Waals surface area contributed by atoms with Gasteiger partial charge in [-0.2, -0.15) is 0 Å². The highest BCUT2D eigenvalue weighted by molar-refractivity contribution is 5.38. The molecule has 0 aliphatic carbocycles. The summed E-state index contributed by atoms with van der Waals surface area (Å²) < 4.78 is 5.84. The van der Waals surface area contributed by atoms with Gasteiger partial charge >= 0.3 is 0 Å². The Balaban J connectivity index is 2.23. The molecule has 3 heteroatoms. The molecule has 1 aromatic heterocycles. The third-order valence-electron chi connectivity index (χ3n) is 3.36. The molecule has 0 atom stereocenters. The van der Waals surface area contributed by atoms with Gasteiger partial charge in [0, 0.05) is 0 Å². The Bertz CT molecular complexity index is 583. The Morgan fingerprint density at radius 2 is 1.70 bits per heavy atom. The van der Waals surface area contributed by atoms with Crippen molar-refractivity contribution >= 4 is 0 Å². The quantitative estimate of drug-likeness (QED) is 0.846. The molecule has 106 valence electrons. The van der Waals surface area contributed by atoms with Crippen molar-refractivity contribution in [2.75, 3.05) is 0 Å². The normalized spacial score (nSPS) is 11.4. The van der Waals surface area contributed by atoms with Crippen LogP contribution in [0.3, 0.4) is 0 Å². The van der Waals surface area contributed by atoms with Gasteiger partial charge in [0.1, 0.15) is 12.4 Å². The van der Waals surface area contributed by atoms with Gasteiger partial charge in [-0.1, -0.05) is 39.0 Å². The lowest BCUT2D eigenvalue weighted by Gasteiger charge is -2.24. The average molecular weight is 270 g/mol. The molecule has 20 heavy (non-hydrogen) atoms. The highest BCUT2D eigenvalue weighted by Gasteiger charge is 2.19. The minimum Gasteiger partial charge on any atom is -0.486 e. The van der Waals surface area contributed by atoms with E-state index in [1.165, 1.54) is 16.7 Å². The average Bonchev–Trinajstić information content (AvgIpc) is 2.38. The maximum absolute atomic E-state index is 5.84. The van der Waals surface area contributed by atoms with Gasteiger partial charge in [0.15, 0.2) is 5.75 Å². The summed E-state index contributed by atoms with van der Waals surface area (Å²) in [4.78, 5) is 8.30. The van der Waals surface area contributed by atoms with E-state index in [-0.39, 0.29) is 5.41 Å². The Kier molecular flexibility index (Phi) is 4.07. The molecule has 1 heterocycles. The highest BCUT2D eigenvalue weighted by Crippen LogP contribution is 2.28. The Morgan fingerprint density at radius 1 is 1.05 bits per heavy atom. The number of rotatable bonds is 3. The third kappa shape index (κ3) is 3.35. The molecule has 0 aliphatic heterocycles. The smallest absolute Gasteiger partial charge is 0.156 e. The van der Waals surface area contributed by atoms with Crippen molar-refractivity contribution in [1.29, 1.82) is 0 Å². The number of nitrogens with zero attached hydrogens (tertiary/aromatic N) is 2. The fraction of sp³-hybridized carbons (Fsp3) is 0.412. The minimum absolute atomic E-state index is 0.106. The first-order chi connectivity index (χ1) is 9.38. The van der Waals surface area contributed by atoms with E-state index in [0.717, 1.165) is 5.82 Å². The first-order valence-electron chi connectivity index (χ1n) is 6.88. The summed E-state index contributed by atoms with van der Waals surface area (Å²) in [5.41, 5.74) is 3.94. The van der Waals surface area contributed by atoms with Crippen molar-refractivity contribution < 1.29 is 4.74 Å². The number of aryl methyl sites for hydroxylation is 2. The van der Waals surface area contributed by atoms with Gasteiger partial charge in [0.2, 0.25) is 0 Å². The van der Waals surface area contributed by atoms with Crippen molar-refractivity contribution in [3.05, 3.63) is 53.1 Å². The number of benzene rings is 1. The summed E-state index contributed by atoms with van der Waals surface area (Å²) in [6.07, 6.45) is 3.44. The SMILES string of the molecule is Cc1ncc(OCc2c(C)cccc2C(C)(C)C)cn1. The zero-order valence-electron chi connectivity index (χ0n) is 12.9. The van der Waals surface area contributed by atoms with Gasteiger partial charge in [-0.3, -0.25) is 0 Å². The lowest BCUT2D eigenvalue weighted by Crippen LogP contribution is -2.16. The summed E-state index contributed by atoms with van der Waals surface area (Å²) in [7, 11) is 0. The van der Waals surface area contributed by atoms with Crippen LogP contribution in [-0.2, 0) is 12.0 Å². The molecule has 0 aliphatic rings. The number of hydrogen-bond acceptors (Lipinski definition) is 3. The van der Waals surface area contributed by atoms with Gasteiger partial charge in [-0.25, -0.2) is 9.97 Å². The predicted octanol–water partition coefficient (Wildman–Crippen LogP) is 3.97. The standard InChI is InChI=1S/C17H22N2O/c1-12-7-6-8-16(17(3,4)5)15(12)11-20-14-9-18-13(2)19-10-14/h6-10H,11H2,1-5H3. The maximum Gasteiger partial charge on any atom is 0.156 e. The van der Waals surface area contributed by atoms with E-state index in [1.807, 2.05) is 6.92 Å². The van der Waals surface area contributed by atoms with E-state index in [4.69, 9.17) is 4.74 Å². The number of ether oxygens (including phenoxy) is 1. The molecule has 2 rings (SSSR count). The molecule has 1 aromatic carbocycles. The molecular weight excluding hydrogens is 248 g/mol. The third-order valence-corrected chi connectivity index (χ3v) is 3.36. The first-order valence-corrected chi connectivity index (χ1v) is 6.88. The van der Waals surface area contributed by atoms with Crippen molar-refractivity contribution in [3.63, 3.8) is 0 Å². The molecule has 0 N–H and O–H groups in total. The molecular formula is C17H22N2O. The van der Waals surface area contributed by atoms with Crippen LogP contribution in [0.4, 0.5) is 0 Å². The zero-order chi connectivity index (χ0) is 14.8. The van der Waals surface area contributed by atoms with Gasteiger partial charge in [-0.05, 0) is 36.0 Å². The second-order valence-corrected chi connectivity index (χ2v) is 6.11. The lowest BCUT2D eigenvalue weighted by atomic mass is 9.82. The largest absolute Gasteiger partial charge is 0.486 e. The van der Waals surface area contributed by atoms with E-state index >= 15 is 0 Å². The second kappa shape index (κ2) is 5.61. The van der Waals surface area contributed by atoms with E-state index in [2.05, 4.69) is 55.9 Å². The van der Waals surface area contributed by atoms with Crippen molar-refractivity contribution in [2.45, 2.75) is 46.6 Å². The highest BCUT2D eigenvalue weighted by atomic mass is 16.5. The summed E-state index contributed by atoms with van der Waals surface area (Å²) in [5.74, 6) is 1.46. The van der Waals surface area contributed by atoms with Gasteiger partial charge < -0.3 is 4.74 Å². The van der Waals surface area contributed by atoms with Crippen LogP contribution in [0.15, 0.2) is 30.6 Å². The summed E-state index contributed by atoms with van der Waals surface area (Å²) >= 11 is 0. The molecule has 0 radical (unpaired) electrons. The Morgan fingerprint density at radius 3 is 2.30 bits per heavy atom. The first kappa shape index (κ1) is 14.5. The Hall–Kier alpha value is -1.90. The van der Waals surface area contributed by atoms with Crippen LogP contribution in [0.2, 0.25) is 0 Å². The molecule has 0 amide bonds. The van der Waals surface area contributed by atoms with Gasteiger partial charge in [0.25, 0.3) is 0 Å². The van der Waals surface area contributed by atoms with Crippen LogP contribution in [0.1, 0.15) is 43.3 Å². The lowest BCUT2D eigenvalue weighted by molar-refractivity contribution is 0.299. The molecule has 0 saturated heterocycles. The zero-order valence-corrected chi connectivity index (χ0v) is 12.9. The van der Waals surface area contributed by atoms with Crippen LogP contribution in [0, 0.1) is 13.8 Å². The monoisotopic (exact) mass is 270 g/mol. The van der Waals surface area contributed by atoms with E-state index < -0.39 is 0 Å². The van der Waals surface area contributed by atoms with Crippen LogP contribution in [-0.4, -0.2) is 9.97 Å². The fourth-order valence-corrected chi connectivity index (χ4v) is 2.21. The maximum atomic E-state index is 5.84. The summed E-state index contributed by atoms with van der Waals surface area (Å²) in [5, 5.41) is 0. The Labute approximate surface area is 121 Å². The molecule has 0 spiro atoms. The van der Waals surface area contributed by atoms with Crippen LogP contribution in [0.5, 0.6) is 5.75 Å². The second-order valence-electron chi connectivity index (χ2n) is 6.11. The number of aromatic nitrogens is 2. The topological polar surface area (TPSA) is 35.0 Å². The summed E-state index contributed by atoms with van der Waals surface area (Å²) in [6.45, 7) is 11.2. The molecule has 0 fully saturated rings. The molecule has 3 nitrogen and oxygen atoms in total. The molecule has 0 unspecified atom stereocenters. The van der Waals surface area contributed by atoms with Gasteiger partial charge in [0.05, 0.1) is 12.4 Å². The molecule has 0 bridgehead atoms.